The van der Waals surface area contributed by atoms with Gasteiger partial charge >= 0.3 is 0 Å². The molecule has 112 valence electrons. The fourth-order valence-electron chi connectivity index (χ4n) is 2.21. The van der Waals surface area contributed by atoms with Gasteiger partial charge in [0.25, 0.3) is 0 Å². The topological polar surface area (TPSA) is 22.1 Å². The molecule has 2 nitrogen and oxygen atoms in total. The molecule has 0 N–H and O–H groups in total. The molecule has 23 heavy (non-hydrogen) atoms. The van der Waals surface area contributed by atoms with Crippen LogP contribution in [0.4, 0.5) is 0 Å². The summed E-state index contributed by atoms with van der Waals surface area (Å²) in [6, 6.07) is 19.3. The molecule has 1 aromatic heterocycles. The first kappa shape index (κ1) is 15.1. The van der Waals surface area contributed by atoms with Crippen LogP contribution in [0.25, 0.3) is 11.1 Å². The lowest BCUT2D eigenvalue weighted by Gasteiger charge is -2.07. The van der Waals surface area contributed by atoms with Gasteiger partial charge in [0.05, 0.1) is 0 Å². The van der Waals surface area contributed by atoms with E-state index in [0.29, 0.717) is 17.5 Å². The Morgan fingerprint density at radius 1 is 1.00 bits per heavy atom. The van der Waals surface area contributed by atoms with Crippen LogP contribution in [0.5, 0.6) is 5.88 Å². The van der Waals surface area contributed by atoms with E-state index in [0.717, 1.165) is 22.3 Å². The summed E-state index contributed by atoms with van der Waals surface area (Å²) in [4.78, 5) is 4.34. The number of nitrogens with zero attached hydrogens (tertiary/aromatic N) is 1. The lowest BCUT2D eigenvalue weighted by molar-refractivity contribution is 0.294. The molecule has 0 amide bonds. The van der Waals surface area contributed by atoms with Crippen LogP contribution in [0.15, 0.2) is 66.9 Å². The van der Waals surface area contributed by atoms with Crippen molar-refractivity contribution in [3.05, 3.63) is 83.0 Å². The Kier molecular flexibility index (Phi) is 4.61. The largest absolute Gasteiger partial charge is 0.473 e. The Morgan fingerprint density at radius 3 is 2.52 bits per heavy atom. The van der Waals surface area contributed by atoms with E-state index in [9.17, 15) is 0 Å². The van der Waals surface area contributed by atoms with Crippen LogP contribution in [-0.2, 0) is 6.61 Å². The van der Waals surface area contributed by atoms with E-state index in [2.05, 4.69) is 10.9 Å². The first-order valence-electron chi connectivity index (χ1n) is 7.15. The summed E-state index contributed by atoms with van der Waals surface area (Å²) in [7, 11) is 0. The zero-order valence-electron chi connectivity index (χ0n) is 12.4. The standard InChI is InChI=1S/C20H14ClNO/c1-2-15-10-18(12-19(21)11-15)17-8-9-20(22-13-17)23-14-16-6-4-3-5-7-16/h1,3-13H,14H2. The molecule has 0 radical (unpaired) electrons. The number of hydrogen-bond acceptors (Lipinski definition) is 2. The number of ether oxygens (including phenoxy) is 1. The van der Waals surface area contributed by atoms with Crippen molar-refractivity contribution in [1.82, 2.24) is 4.98 Å². The fourth-order valence-corrected chi connectivity index (χ4v) is 2.44. The molecule has 3 aromatic rings. The average molecular weight is 320 g/mol. The summed E-state index contributed by atoms with van der Waals surface area (Å²) < 4.78 is 5.68. The molecule has 0 fully saturated rings. The highest BCUT2D eigenvalue weighted by atomic mass is 35.5. The molecule has 3 heteroatoms. The molecule has 0 unspecified atom stereocenters. The highest BCUT2D eigenvalue weighted by Crippen LogP contribution is 2.25. The van der Waals surface area contributed by atoms with Gasteiger partial charge < -0.3 is 4.74 Å². The first-order valence-corrected chi connectivity index (χ1v) is 7.53. The van der Waals surface area contributed by atoms with Crippen LogP contribution >= 0.6 is 11.6 Å². The van der Waals surface area contributed by atoms with Crippen LogP contribution in [0.3, 0.4) is 0 Å². The van der Waals surface area contributed by atoms with E-state index in [1.165, 1.54) is 0 Å². The van der Waals surface area contributed by atoms with Crippen molar-refractivity contribution in [3.8, 4) is 29.4 Å². The second-order valence-electron chi connectivity index (χ2n) is 5.03. The van der Waals surface area contributed by atoms with Gasteiger partial charge in [-0.2, -0.15) is 0 Å². The smallest absolute Gasteiger partial charge is 0.213 e. The van der Waals surface area contributed by atoms with Gasteiger partial charge in [0.2, 0.25) is 5.88 Å². The van der Waals surface area contributed by atoms with E-state index < -0.39 is 0 Å². The van der Waals surface area contributed by atoms with Gasteiger partial charge in [-0.1, -0.05) is 47.9 Å². The van der Waals surface area contributed by atoms with Gasteiger partial charge in [0, 0.05) is 28.4 Å². The Balaban J connectivity index is 1.75. The maximum Gasteiger partial charge on any atom is 0.213 e. The number of hydrogen-bond donors (Lipinski definition) is 0. The van der Waals surface area contributed by atoms with Crippen molar-refractivity contribution in [2.45, 2.75) is 6.61 Å². The molecule has 0 aliphatic rings. The number of rotatable bonds is 4. The Labute approximate surface area is 140 Å². The quantitative estimate of drug-likeness (QED) is 0.634. The van der Waals surface area contributed by atoms with Crippen molar-refractivity contribution < 1.29 is 4.74 Å². The monoisotopic (exact) mass is 319 g/mol. The highest BCUT2D eigenvalue weighted by molar-refractivity contribution is 6.31. The van der Waals surface area contributed by atoms with Crippen LogP contribution in [0.1, 0.15) is 11.1 Å². The summed E-state index contributed by atoms with van der Waals surface area (Å²) in [5.74, 6) is 3.18. The highest BCUT2D eigenvalue weighted by Gasteiger charge is 2.03. The predicted molar refractivity (Wildman–Crippen MR) is 93.4 cm³/mol. The van der Waals surface area contributed by atoms with Crippen molar-refractivity contribution in [2.75, 3.05) is 0 Å². The normalized spacial score (nSPS) is 10.1. The van der Waals surface area contributed by atoms with Crippen LogP contribution in [-0.4, -0.2) is 4.98 Å². The molecule has 0 atom stereocenters. The van der Waals surface area contributed by atoms with Crippen molar-refractivity contribution in [3.63, 3.8) is 0 Å². The Hall–Kier alpha value is -2.76. The van der Waals surface area contributed by atoms with Crippen LogP contribution in [0, 0.1) is 12.3 Å². The molecular formula is C20H14ClNO. The zero-order chi connectivity index (χ0) is 16.1. The van der Waals surface area contributed by atoms with Gasteiger partial charge in [-0.3, -0.25) is 0 Å². The summed E-state index contributed by atoms with van der Waals surface area (Å²) >= 11 is 6.09. The van der Waals surface area contributed by atoms with Crippen molar-refractivity contribution >= 4 is 11.6 Å². The van der Waals surface area contributed by atoms with E-state index >= 15 is 0 Å². The molecule has 3 rings (SSSR count). The Bertz CT molecular complexity index is 836. The van der Waals surface area contributed by atoms with Gasteiger partial charge in [-0.05, 0) is 35.4 Å². The van der Waals surface area contributed by atoms with E-state index in [4.69, 9.17) is 22.8 Å². The minimum absolute atomic E-state index is 0.492. The van der Waals surface area contributed by atoms with Crippen molar-refractivity contribution in [2.24, 2.45) is 0 Å². The zero-order valence-corrected chi connectivity index (χ0v) is 13.1. The summed E-state index contributed by atoms with van der Waals surface area (Å²) in [5.41, 5.74) is 3.73. The summed E-state index contributed by atoms with van der Waals surface area (Å²) in [5, 5.41) is 0.611. The molecule has 0 saturated carbocycles. The molecule has 1 heterocycles. The lowest BCUT2D eigenvalue weighted by atomic mass is 10.1. The minimum atomic E-state index is 0.492. The summed E-state index contributed by atoms with van der Waals surface area (Å²) in [6.07, 6.45) is 7.20. The second kappa shape index (κ2) is 7.00. The molecular weight excluding hydrogens is 306 g/mol. The molecule has 0 aliphatic carbocycles. The van der Waals surface area contributed by atoms with Gasteiger partial charge in [-0.15, -0.1) is 6.42 Å². The maximum absolute atomic E-state index is 6.09. The number of pyridine rings is 1. The molecule has 0 saturated heterocycles. The van der Waals surface area contributed by atoms with E-state index in [-0.39, 0.29) is 0 Å². The maximum atomic E-state index is 6.09. The lowest BCUT2D eigenvalue weighted by Crippen LogP contribution is -1.96. The minimum Gasteiger partial charge on any atom is -0.473 e. The van der Waals surface area contributed by atoms with Gasteiger partial charge in [0.15, 0.2) is 0 Å². The number of aromatic nitrogens is 1. The number of benzene rings is 2. The van der Waals surface area contributed by atoms with Crippen LogP contribution in [0.2, 0.25) is 5.02 Å². The fraction of sp³-hybridized carbons (Fsp3) is 0.0500. The third-order valence-corrected chi connectivity index (χ3v) is 3.58. The van der Waals surface area contributed by atoms with E-state index in [1.807, 2.05) is 54.6 Å². The second-order valence-corrected chi connectivity index (χ2v) is 5.47. The number of terminal acetylenes is 1. The van der Waals surface area contributed by atoms with Crippen molar-refractivity contribution in [1.29, 1.82) is 0 Å². The van der Waals surface area contributed by atoms with E-state index in [1.54, 1.807) is 12.3 Å². The molecule has 0 spiro atoms. The SMILES string of the molecule is C#Cc1cc(Cl)cc(-c2ccc(OCc3ccccc3)nc2)c1. The van der Waals surface area contributed by atoms with Crippen LogP contribution < -0.4 is 4.74 Å². The Morgan fingerprint density at radius 2 is 1.83 bits per heavy atom. The summed E-state index contributed by atoms with van der Waals surface area (Å²) in [6.45, 7) is 0.492. The third kappa shape index (κ3) is 3.91. The molecule has 0 bridgehead atoms. The molecule has 0 aliphatic heterocycles. The third-order valence-electron chi connectivity index (χ3n) is 3.36. The average Bonchev–Trinajstić information content (AvgIpc) is 2.60. The predicted octanol–water partition coefficient (Wildman–Crippen LogP) is 4.96. The molecule has 2 aromatic carbocycles. The van der Waals surface area contributed by atoms with Gasteiger partial charge in [0.1, 0.15) is 6.61 Å². The first-order chi connectivity index (χ1) is 11.2. The number of halogens is 1. The van der Waals surface area contributed by atoms with Gasteiger partial charge in [-0.25, -0.2) is 4.98 Å².